The van der Waals surface area contributed by atoms with Crippen LogP contribution in [0.15, 0.2) is 35.7 Å². The van der Waals surface area contributed by atoms with E-state index in [0.29, 0.717) is 40.1 Å². The van der Waals surface area contributed by atoms with Crippen LogP contribution >= 0.6 is 11.8 Å². The van der Waals surface area contributed by atoms with E-state index >= 15 is 0 Å². The van der Waals surface area contributed by atoms with Crippen LogP contribution in [-0.2, 0) is 9.53 Å². The van der Waals surface area contributed by atoms with Crippen LogP contribution in [0.5, 0.6) is 5.75 Å². The van der Waals surface area contributed by atoms with Crippen LogP contribution < -0.4 is 10.5 Å². The van der Waals surface area contributed by atoms with Crippen molar-refractivity contribution in [1.29, 1.82) is 0 Å². The summed E-state index contributed by atoms with van der Waals surface area (Å²) in [6.07, 6.45) is 1.33. The van der Waals surface area contributed by atoms with Gasteiger partial charge in [-0.15, -0.1) is 0 Å². The number of nitrogen functional groups attached to an aromatic ring is 1. The number of H-pyrrole nitrogens is 1. The molecule has 3 aromatic rings. The number of esters is 1. The summed E-state index contributed by atoms with van der Waals surface area (Å²) in [4.78, 5) is 39.6. The highest BCUT2D eigenvalue weighted by Gasteiger charge is 2.16. The van der Waals surface area contributed by atoms with Crippen LogP contribution in [0.3, 0.4) is 0 Å². The zero-order valence-electron chi connectivity index (χ0n) is 16.0. The third-order valence-corrected chi connectivity index (χ3v) is 4.64. The summed E-state index contributed by atoms with van der Waals surface area (Å²) in [6, 6.07) is 6.68. The maximum atomic E-state index is 12.2. The number of imidazole rings is 1. The number of benzene rings is 1. The van der Waals surface area contributed by atoms with Crippen LogP contribution in [0.2, 0.25) is 0 Å². The van der Waals surface area contributed by atoms with Gasteiger partial charge in [-0.25, -0.2) is 19.7 Å². The van der Waals surface area contributed by atoms with Crippen molar-refractivity contribution in [3.05, 3.63) is 36.2 Å². The van der Waals surface area contributed by atoms with Crippen molar-refractivity contribution in [3.63, 3.8) is 0 Å². The highest BCUT2D eigenvalue weighted by Crippen LogP contribution is 2.22. The number of carbonyl (C=O) groups excluding carboxylic acids is 2. The van der Waals surface area contributed by atoms with Crippen molar-refractivity contribution >= 4 is 40.5 Å². The SMILES string of the molecule is CC(C)COC(=O)c1ccccc1OCC(=O)CSc1nc2ncnc(N)c2[nH]1. The third-order valence-electron chi connectivity index (χ3n) is 3.71. The van der Waals surface area contributed by atoms with E-state index in [2.05, 4.69) is 19.9 Å². The summed E-state index contributed by atoms with van der Waals surface area (Å²) >= 11 is 1.21. The lowest BCUT2D eigenvalue weighted by Gasteiger charge is -2.11. The van der Waals surface area contributed by atoms with Gasteiger partial charge in [0.05, 0.1) is 12.4 Å². The normalized spacial score (nSPS) is 11.0. The van der Waals surface area contributed by atoms with E-state index in [1.165, 1.54) is 18.1 Å². The van der Waals surface area contributed by atoms with Gasteiger partial charge < -0.3 is 20.2 Å². The van der Waals surface area contributed by atoms with Crippen molar-refractivity contribution in [2.45, 2.75) is 19.0 Å². The highest BCUT2D eigenvalue weighted by atomic mass is 32.2. The first-order valence-electron chi connectivity index (χ1n) is 8.93. The van der Waals surface area contributed by atoms with E-state index < -0.39 is 5.97 Å². The van der Waals surface area contributed by atoms with Crippen LogP contribution in [0.1, 0.15) is 24.2 Å². The molecule has 0 unspecified atom stereocenters. The maximum Gasteiger partial charge on any atom is 0.341 e. The second-order valence-corrected chi connectivity index (χ2v) is 7.57. The fraction of sp³-hybridized carbons (Fsp3) is 0.316. The molecule has 0 atom stereocenters. The van der Waals surface area contributed by atoms with E-state index in [9.17, 15) is 9.59 Å². The molecule has 0 spiro atoms. The Bertz CT molecular complexity index is 1020. The quantitative estimate of drug-likeness (QED) is 0.399. The number of thioether (sulfide) groups is 1. The molecule has 0 aliphatic rings. The van der Waals surface area contributed by atoms with Crippen molar-refractivity contribution in [2.24, 2.45) is 5.92 Å². The second-order valence-electron chi connectivity index (χ2n) is 6.60. The predicted octanol–water partition coefficient (Wildman–Crippen LogP) is 2.49. The number of hydrogen-bond acceptors (Lipinski definition) is 9. The fourth-order valence-corrected chi connectivity index (χ4v) is 3.03. The molecule has 0 saturated heterocycles. The van der Waals surface area contributed by atoms with Gasteiger partial charge in [-0.05, 0) is 18.1 Å². The van der Waals surface area contributed by atoms with Crippen LogP contribution in [-0.4, -0.2) is 50.7 Å². The summed E-state index contributed by atoms with van der Waals surface area (Å²) < 4.78 is 10.8. The van der Waals surface area contributed by atoms with Gasteiger partial charge in [-0.3, -0.25) is 4.79 Å². The predicted molar refractivity (Wildman–Crippen MR) is 109 cm³/mol. The fourth-order valence-electron chi connectivity index (χ4n) is 2.32. The Morgan fingerprint density at radius 1 is 1.24 bits per heavy atom. The average Bonchev–Trinajstić information content (AvgIpc) is 3.13. The van der Waals surface area contributed by atoms with Gasteiger partial charge in [0.1, 0.15) is 29.8 Å². The Morgan fingerprint density at radius 3 is 2.79 bits per heavy atom. The molecule has 29 heavy (non-hydrogen) atoms. The van der Waals surface area contributed by atoms with Gasteiger partial charge in [0.2, 0.25) is 0 Å². The number of anilines is 1. The van der Waals surface area contributed by atoms with E-state index in [0.717, 1.165) is 0 Å². The first kappa shape index (κ1) is 20.6. The van der Waals surface area contributed by atoms with Gasteiger partial charge in [0, 0.05) is 0 Å². The number of carbonyl (C=O) groups is 2. The van der Waals surface area contributed by atoms with Crippen LogP contribution in [0.4, 0.5) is 5.82 Å². The second kappa shape index (κ2) is 9.37. The van der Waals surface area contributed by atoms with Gasteiger partial charge in [-0.1, -0.05) is 37.7 Å². The number of nitrogens with two attached hydrogens (primary N) is 1. The van der Waals surface area contributed by atoms with Crippen molar-refractivity contribution in [3.8, 4) is 5.75 Å². The number of Topliss-reactive ketones (excluding diaryl/α,β-unsaturated/α-hetero) is 1. The molecule has 0 amide bonds. The van der Waals surface area contributed by atoms with Crippen LogP contribution in [0, 0.1) is 5.92 Å². The lowest BCUT2D eigenvalue weighted by Crippen LogP contribution is -2.16. The summed E-state index contributed by atoms with van der Waals surface area (Å²) in [6.45, 7) is 4.04. The first-order chi connectivity index (χ1) is 13.9. The minimum absolute atomic E-state index is 0.132. The molecule has 0 aliphatic carbocycles. The number of rotatable bonds is 9. The molecule has 0 radical (unpaired) electrons. The lowest BCUT2D eigenvalue weighted by atomic mass is 10.2. The zero-order chi connectivity index (χ0) is 20.8. The standard InChI is InChI=1S/C19H21N5O4S/c1-11(2)7-28-18(26)13-5-3-4-6-14(13)27-8-12(25)9-29-19-23-15-16(20)21-10-22-17(15)24-19/h3-6,10-11H,7-9H2,1-2H3,(H3,20,21,22,23,24). The minimum atomic E-state index is -0.475. The number of aromatic nitrogens is 4. The summed E-state index contributed by atoms with van der Waals surface area (Å²) in [7, 11) is 0. The smallest absolute Gasteiger partial charge is 0.341 e. The molecule has 0 bridgehead atoms. The Hall–Kier alpha value is -3.14. The largest absolute Gasteiger partial charge is 0.485 e. The van der Waals surface area contributed by atoms with Crippen LogP contribution in [0.25, 0.3) is 11.2 Å². The molecule has 2 aromatic heterocycles. The van der Waals surface area contributed by atoms with E-state index in [1.54, 1.807) is 24.3 Å². The topological polar surface area (TPSA) is 133 Å². The molecule has 3 N–H and O–H groups in total. The lowest BCUT2D eigenvalue weighted by molar-refractivity contribution is -0.118. The summed E-state index contributed by atoms with van der Waals surface area (Å²) in [5.74, 6) is 0.325. The summed E-state index contributed by atoms with van der Waals surface area (Å²) in [5, 5.41) is 0.512. The van der Waals surface area contributed by atoms with Crippen molar-refractivity contribution in [2.75, 3.05) is 24.7 Å². The molecular formula is C19H21N5O4S. The molecular weight excluding hydrogens is 394 g/mol. The van der Waals surface area contributed by atoms with E-state index in [1.807, 2.05) is 13.8 Å². The molecule has 0 fully saturated rings. The maximum absolute atomic E-state index is 12.2. The zero-order valence-corrected chi connectivity index (χ0v) is 16.9. The van der Waals surface area contributed by atoms with E-state index in [-0.39, 0.29) is 24.1 Å². The number of para-hydroxylation sites is 1. The average molecular weight is 415 g/mol. The third kappa shape index (κ3) is 5.44. The monoisotopic (exact) mass is 415 g/mol. The summed E-state index contributed by atoms with van der Waals surface area (Å²) in [5.41, 5.74) is 7.03. The van der Waals surface area contributed by atoms with Crippen molar-refractivity contribution in [1.82, 2.24) is 19.9 Å². The van der Waals surface area contributed by atoms with Gasteiger partial charge in [-0.2, -0.15) is 0 Å². The van der Waals surface area contributed by atoms with E-state index in [4.69, 9.17) is 15.2 Å². The molecule has 0 aliphatic heterocycles. The molecule has 9 nitrogen and oxygen atoms in total. The highest BCUT2D eigenvalue weighted by molar-refractivity contribution is 7.99. The molecule has 10 heteroatoms. The number of ether oxygens (including phenoxy) is 2. The molecule has 2 heterocycles. The minimum Gasteiger partial charge on any atom is -0.485 e. The van der Waals surface area contributed by atoms with Gasteiger partial charge in [0.15, 0.2) is 22.4 Å². The number of hydrogen-bond donors (Lipinski definition) is 2. The van der Waals surface area contributed by atoms with Gasteiger partial charge in [0.25, 0.3) is 0 Å². The number of aromatic amines is 1. The Morgan fingerprint density at radius 2 is 2.03 bits per heavy atom. The number of nitrogens with one attached hydrogen (secondary N) is 1. The van der Waals surface area contributed by atoms with Crippen molar-refractivity contribution < 1.29 is 19.1 Å². The Kier molecular flexibility index (Phi) is 6.65. The molecule has 3 rings (SSSR count). The number of nitrogens with zero attached hydrogens (tertiary/aromatic N) is 3. The Balaban J connectivity index is 1.55. The first-order valence-corrected chi connectivity index (χ1v) is 9.92. The number of ketones is 1. The molecule has 152 valence electrons. The van der Waals surface area contributed by atoms with Gasteiger partial charge >= 0.3 is 5.97 Å². The number of fused-ring (bicyclic) bond motifs is 1. The molecule has 0 saturated carbocycles. The Labute approximate surface area is 171 Å². The molecule has 1 aromatic carbocycles.